The van der Waals surface area contributed by atoms with Crippen LogP contribution in [0.15, 0.2) is 0 Å². The number of hydrogen-bond donors (Lipinski definition) is 2. The number of Topliss-reactive ketones (excluding diaryl/α,β-unsaturated/α-hetero) is 1. The quantitative estimate of drug-likeness (QED) is 0.323. The highest BCUT2D eigenvalue weighted by Crippen LogP contribution is 2.12. The van der Waals surface area contributed by atoms with Crippen molar-refractivity contribution in [3.63, 3.8) is 0 Å². The largest absolute Gasteiger partial charge is 0.396 e. The normalized spacial score (nSPS) is 10.8. The average Bonchev–Trinajstić information content (AvgIpc) is 2.60. The molecule has 0 aliphatic rings. The van der Waals surface area contributed by atoms with Gasteiger partial charge in [-0.2, -0.15) is 0 Å². The predicted molar refractivity (Wildman–Crippen MR) is 105 cm³/mol. The van der Waals surface area contributed by atoms with Gasteiger partial charge >= 0.3 is 0 Å². The molecule has 0 aliphatic heterocycles. The van der Waals surface area contributed by atoms with E-state index in [2.05, 4.69) is 12.2 Å². The summed E-state index contributed by atoms with van der Waals surface area (Å²) in [5, 5.41) is 11.5. The van der Waals surface area contributed by atoms with Gasteiger partial charge in [0.05, 0.1) is 0 Å². The number of ketones is 1. The summed E-state index contributed by atoms with van der Waals surface area (Å²) in [7, 11) is 0. The van der Waals surface area contributed by atoms with Gasteiger partial charge in [0.25, 0.3) is 0 Å². The Kier molecular flexibility index (Phi) is 18.7. The number of carbonyl (C=O) groups is 2. The number of rotatable bonds is 19. The fourth-order valence-electron chi connectivity index (χ4n) is 2.93. The lowest BCUT2D eigenvalue weighted by atomic mass is 10.0. The van der Waals surface area contributed by atoms with Crippen LogP contribution >= 0.6 is 0 Å². The zero-order chi connectivity index (χ0) is 18.6. The van der Waals surface area contributed by atoms with Crippen molar-refractivity contribution in [1.82, 2.24) is 5.32 Å². The molecule has 0 aromatic carbocycles. The Morgan fingerprint density at radius 3 is 1.84 bits per heavy atom. The summed E-state index contributed by atoms with van der Waals surface area (Å²) < 4.78 is 0. The smallest absolute Gasteiger partial charge is 0.220 e. The number of hydrogen-bond acceptors (Lipinski definition) is 3. The van der Waals surface area contributed by atoms with Crippen LogP contribution in [0.1, 0.15) is 110 Å². The first kappa shape index (κ1) is 24.1. The molecule has 0 aromatic heterocycles. The molecule has 148 valence electrons. The number of unbranched alkanes of at least 4 members (excludes halogenated alkanes) is 10. The summed E-state index contributed by atoms with van der Waals surface area (Å²) in [5.74, 6) is 0.317. The van der Waals surface area contributed by atoms with Crippen LogP contribution in [0.2, 0.25) is 0 Å². The number of nitrogens with one attached hydrogen (secondary N) is 1. The van der Waals surface area contributed by atoms with Crippen LogP contribution in [-0.2, 0) is 9.59 Å². The molecule has 0 radical (unpaired) electrons. The van der Waals surface area contributed by atoms with Gasteiger partial charge in [-0.25, -0.2) is 0 Å². The van der Waals surface area contributed by atoms with Gasteiger partial charge in [-0.05, 0) is 25.7 Å². The van der Waals surface area contributed by atoms with Crippen molar-refractivity contribution in [2.24, 2.45) is 0 Å². The number of amides is 1. The first-order valence-electron chi connectivity index (χ1n) is 10.6. The van der Waals surface area contributed by atoms with E-state index >= 15 is 0 Å². The minimum Gasteiger partial charge on any atom is -0.396 e. The van der Waals surface area contributed by atoms with E-state index in [1.165, 1.54) is 51.4 Å². The van der Waals surface area contributed by atoms with Gasteiger partial charge in [0.15, 0.2) is 0 Å². The maximum absolute atomic E-state index is 11.8. The van der Waals surface area contributed by atoms with E-state index in [1.807, 2.05) is 0 Å². The minimum absolute atomic E-state index is 0.0182. The molecular formula is C21H41NO3. The SMILES string of the molecule is CCCCCCCCCCCCC(=O)CCCC(=O)NCCCCO. The fourth-order valence-corrected chi connectivity index (χ4v) is 2.93. The summed E-state index contributed by atoms with van der Waals surface area (Å²) in [6, 6.07) is 0. The molecule has 0 atom stereocenters. The molecule has 1 amide bonds. The monoisotopic (exact) mass is 355 g/mol. The van der Waals surface area contributed by atoms with Crippen LogP contribution in [0, 0.1) is 0 Å². The average molecular weight is 356 g/mol. The molecule has 2 N–H and O–H groups in total. The van der Waals surface area contributed by atoms with E-state index in [-0.39, 0.29) is 12.5 Å². The molecule has 0 bridgehead atoms. The maximum Gasteiger partial charge on any atom is 0.220 e. The topological polar surface area (TPSA) is 66.4 Å². The molecule has 0 aromatic rings. The molecule has 0 rings (SSSR count). The van der Waals surface area contributed by atoms with Crippen LogP contribution in [-0.4, -0.2) is 29.9 Å². The van der Waals surface area contributed by atoms with Crippen LogP contribution in [0.25, 0.3) is 0 Å². The Bertz CT molecular complexity index is 318. The third kappa shape index (κ3) is 19.3. The summed E-state index contributed by atoms with van der Waals surface area (Å²) in [4.78, 5) is 23.3. The molecule has 4 nitrogen and oxygen atoms in total. The van der Waals surface area contributed by atoms with Crippen molar-refractivity contribution in [1.29, 1.82) is 0 Å². The molecular weight excluding hydrogens is 314 g/mol. The summed E-state index contributed by atoms with van der Waals surface area (Å²) >= 11 is 0. The second-order valence-electron chi connectivity index (χ2n) is 7.10. The summed E-state index contributed by atoms with van der Waals surface area (Å²) in [6.45, 7) is 3.03. The van der Waals surface area contributed by atoms with Gasteiger partial charge in [0.2, 0.25) is 5.91 Å². The summed E-state index contributed by atoms with van der Waals surface area (Å²) in [6.07, 6.45) is 16.7. The first-order valence-corrected chi connectivity index (χ1v) is 10.6. The zero-order valence-corrected chi connectivity index (χ0v) is 16.5. The predicted octanol–water partition coefficient (Wildman–Crippen LogP) is 4.93. The van der Waals surface area contributed by atoms with Crippen LogP contribution in [0.5, 0.6) is 0 Å². The van der Waals surface area contributed by atoms with Gasteiger partial charge in [-0.1, -0.05) is 64.7 Å². The molecule has 25 heavy (non-hydrogen) atoms. The highest BCUT2D eigenvalue weighted by molar-refractivity contribution is 5.80. The molecule has 0 heterocycles. The van der Waals surface area contributed by atoms with E-state index in [4.69, 9.17) is 5.11 Å². The second-order valence-corrected chi connectivity index (χ2v) is 7.10. The fraction of sp³-hybridized carbons (Fsp3) is 0.905. The van der Waals surface area contributed by atoms with Crippen LogP contribution in [0.4, 0.5) is 0 Å². The van der Waals surface area contributed by atoms with Crippen molar-refractivity contribution in [2.45, 2.75) is 110 Å². The van der Waals surface area contributed by atoms with Gasteiger partial charge < -0.3 is 10.4 Å². The second kappa shape index (κ2) is 19.4. The Morgan fingerprint density at radius 2 is 1.24 bits per heavy atom. The van der Waals surface area contributed by atoms with E-state index in [0.717, 1.165) is 25.7 Å². The number of aliphatic hydroxyl groups excluding tert-OH is 1. The van der Waals surface area contributed by atoms with E-state index < -0.39 is 0 Å². The van der Waals surface area contributed by atoms with Gasteiger partial charge in [0.1, 0.15) is 5.78 Å². The van der Waals surface area contributed by atoms with Crippen molar-refractivity contribution in [3.05, 3.63) is 0 Å². The molecule has 0 saturated heterocycles. The number of carbonyl (C=O) groups excluding carboxylic acids is 2. The highest BCUT2D eigenvalue weighted by atomic mass is 16.3. The van der Waals surface area contributed by atoms with Crippen molar-refractivity contribution < 1.29 is 14.7 Å². The van der Waals surface area contributed by atoms with E-state index in [9.17, 15) is 9.59 Å². The lowest BCUT2D eigenvalue weighted by molar-refractivity contribution is -0.121. The van der Waals surface area contributed by atoms with Gasteiger partial charge in [-0.15, -0.1) is 0 Å². The zero-order valence-electron chi connectivity index (χ0n) is 16.5. The molecule has 4 heteroatoms. The number of aliphatic hydroxyl groups is 1. The molecule has 0 saturated carbocycles. The standard InChI is InChI=1S/C21H41NO3/c1-2-3-4-5-6-7-8-9-10-11-15-20(24)16-14-17-21(25)22-18-12-13-19-23/h23H,2-19H2,1H3,(H,22,25). The Labute approximate surface area is 155 Å². The van der Waals surface area contributed by atoms with E-state index in [0.29, 0.717) is 38.0 Å². The molecule has 0 aliphatic carbocycles. The van der Waals surface area contributed by atoms with Crippen molar-refractivity contribution in [2.75, 3.05) is 13.2 Å². The Balaban J connectivity index is 3.29. The van der Waals surface area contributed by atoms with Gasteiger partial charge in [0, 0.05) is 32.4 Å². The molecule has 0 spiro atoms. The molecule has 0 fully saturated rings. The van der Waals surface area contributed by atoms with Crippen molar-refractivity contribution in [3.8, 4) is 0 Å². The maximum atomic E-state index is 11.8. The van der Waals surface area contributed by atoms with Crippen LogP contribution in [0.3, 0.4) is 0 Å². The third-order valence-electron chi connectivity index (χ3n) is 4.58. The van der Waals surface area contributed by atoms with Crippen molar-refractivity contribution >= 4 is 11.7 Å². The third-order valence-corrected chi connectivity index (χ3v) is 4.58. The Morgan fingerprint density at radius 1 is 0.680 bits per heavy atom. The highest BCUT2D eigenvalue weighted by Gasteiger charge is 2.05. The lowest BCUT2D eigenvalue weighted by Gasteiger charge is -2.05. The lowest BCUT2D eigenvalue weighted by Crippen LogP contribution is -2.24. The summed E-state index contributed by atoms with van der Waals surface area (Å²) in [5.41, 5.74) is 0. The van der Waals surface area contributed by atoms with E-state index in [1.54, 1.807) is 0 Å². The first-order chi connectivity index (χ1) is 12.2. The Hall–Kier alpha value is -0.900. The van der Waals surface area contributed by atoms with Gasteiger partial charge in [-0.3, -0.25) is 9.59 Å². The van der Waals surface area contributed by atoms with Crippen LogP contribution < -0.4 is 5.32 Å². The molecule has 0 unspecified atom stereocenters. The minimum atomic E-state index is 0.0182.